The molecule has 0 saturated carbocycles. The number of likely N-dealkylation sites (tertiary alicyclic amines) is 1. The molecule has 114 valence electrons. The molecule has 1 fully saturated rings. The zero-order chi connectivity index (χ0) is 15.2. The van der Waals surface area contributed by atoms with Gasteiger partial charge in [0.1, 0.15) is 0 Å². The number of rotatable bonds is 4. The number of pyridine rings is 1. The molecule has 1 aliphatic rings. The highest BCUT2D eigenvalue weighted by atomic mass is 16.2. The number of aromatic amines is 1. The van der Waals surface area contributed by atoms with Crippen LogP contribution in [0, 0.1) is 5.92 Å². The Labute approximate surface area is 122 Å². The van der Waals surface area contributed by atoms with Crippen molar-refractivity contribution in [2.75, 3.05) is 26.2 Å². The summed E-state index contributed by atoms with van der Waals surface area (Å²) in [5.41, 5.74) is 5.40. The normalized spacial score (nSPS) is 18.3. The largest absolute Gasteiger partial charge is 0.355 e. The third kappa shape index (κ3) is 3.91. The van der Waals surface area contributed by atoms with E-state index in [0.29, 0.717) is 31.7 Å². The molecule has 7 heteroatoms. The lowest BCUT2D eigenvalue weighted by molar-refractivity contribution is -0.126. The Morgan fingerprint density at radius 3 is 3.00 bits per heavy atom. The minimum atomic E-state index is -0.310. The van der Waals surface area contributed by atoms with Crippen molar-refractivity contribution in [2.45, 2.75) is 12.8 Å². The number of carbonyl (C=O) groups is 2. The number of nitrogens with zero attached hydrogens (tertiary/aromatic N) is 1. The predicted octanol–water partition coefficient (Wildman–Crippen LogP) is -0.698. The lowest BCUT2D eigenvalue weighted by Crippen LogP contribution is -2.46. The van der Waals surface area contributed by atoms with Crippen molar-refractivity contribution < 1.29 is 9.59 Å². The van der Waals surface area contributed by atoms with Gasteiger partial charge in [-0.25, -0.2) is 0 Å². The van der Waals surface area contributed by atoms with Crippen molar-refractivity contribution in [3.63, 3.8) is 0 Å². The van der Waals surface area contributed by atoms with E-state index in [9.17, 15) is 14.4 Å². The summed E-state index contributed by atoms with van der Waals surface area (Å²) in [6.07, 6.45) is 2.98. The third-order valence-corrected chi connectivity index (χ3v) is 3.54. The van der Waals surface area contributed by atoms with Gasteiger partial charge in [0.2, 0.25) is 11.5 Å². The highest BCUT2D eigenvalue weighted by molar-refractivity contribution is 5.94. The molecule has 1 atom stereocenters. The molecule has 1 unspecified atom stereocenters. The molecule has 21 heavy (non-hydrogen) atoms. The highest BCUT2D eigenvalue weighted by Crippen LogP contribution is 2.18. The van der Waals surface area contributed by atoms with Crippen LogP contribution in [0.25, 0.3) is 0 Å². The van der Waals surface area contributed by atoms with E-state index >= 15 is 0 Å². The van der Waals surface area contributed by atoms with Gasteiger partial charge in [0.05, 0.1) is 5.92 Å². The quantitative estimate of drug-likeness (QED) is 0.682. The minimum Gasteiger partial charge on any atom is -0.355 e. The van der Waals surface area contributed by atoms with Gasteiger partial charge in [0, 0.05) is 44.0 Å². The fourth-order valence-electron chi connectivity index (χ4n) is 2.48. The van der Waals surface area contributed by atoms with E-state index in [0.717, 1.165) is 12.8 Å². The summed E-state index contributed by atoms with van der Waals surface area (Å²) in [5, 5.41) is 2.75. The Hall–Kier alpha value is -2.15. The predicted molar refractivity (Wildman–Crippen MR) is 77.8 cm³/mol. The van der Waals surface area contributed by atoms with Crippen LogP contribution in [0.4, 0.5) is 0 Å². The molecule has 2 rings (SSSR count). The highest BCUT2D eigenvalue weighted by Gasteiger charge is 2.28. The second kappa shape index (κ2) is 7.03. The minimum absolute atomic E-state index is 0.0659. The van der Waals surface area contributed by atoms with Crippen molar-refractivity contribution >= 4 is 11.8 Å². The molecule has 0 aliphatic carbocycles. The first-order chi connectivity index (χ1) is 10.1. The van der Waals surface area contributed by atoms with E-state index in [-0.39, 0.29) is 23.3 Å². The first kappa shape index (κ1) is 15.2. The molecule has 0 radical (unpaired) electrons. The molecule has 1 aromatic rings. The molecular weight excluding hydrogens is 272 g/mol. The zero-order valence-electron chi connectivity index (χ0n) is 11.8. The van der Waals surface area contributed by atoms with Gasteiger partial charge >= 0.3 is 0 Å². The molecular formula is C14H20N4O3. The average Bonchev–Trinajstić information content (AvgIpc) is 2.52. The molecule has 0 bridgehead atoms. The van der Waals surface area contributed by atoms with Crippen LogP contribution in [0.1, 0.15) is 23.2 Å². The topological polar surface area (TPSA) is 108 Å². The fourth-order valence-corrected chi connectivity index (χ4v) is 2.48. The van der Waals surface area contributed by atoms with Crippen molar-refractivity contribution in [1.82, 2.24) is 15.2 Å². The van der Waals surface area contributed by atoms with Crippen LogP contribution in [-0.2, 0) is 4.79 Å². The van der Waals surface area contributed by atoms with Gasteiger partial charge in [-0.2, -0.15) is 0 Å². The van der Waals surface area contributed by atoms with E-state index in [1.807, 2.05) is 0 Å². The van der Waals surface area contributed by atoms with Gasteiger partial charge in [-0.1, -0.05) is 0 Å². The summed E-state index contributed by atoms with van der Waals surface area (Å²) in [6, 6.07) is 2.85. The van der Waals surface area contributed by atoms with Crippen molar-refractivity contribution in [3.05, 3.63) is 34.2 Å². The summed E-state index contributed by atoms with van der Waals surface area (Å²) in [5.74, 6) is -0.488. The van der Waals surface area contributed by atoms with Crippen molar-refractivity contribution in [3.8, 4) is 0 Å². The number of aromatic nitrogens is 1. The number of nitrogens with two attached hydrogens (primary N) is 1. The van der Waals surface area contributed by atoms with Gasteiger partial charge in [0.15, 0.2) is 0 Å². The molecule has 0 aromatic carbocycles. The Morgan fingerprint density at radius 2 is 2.29 bits per heavy atom. The van der Waals surface area contributed by atoms with Gasteiger partial charge < -0.3 is 20.9 Å². The summed E-state index contributed by atoms with van der Waals surface area (Å²) in [4.78, 5) is 39.7. The molecule has 4 N–H and O–H groups in total. The van der Waals surface area contributed by atoms with Crippen LogP contribution in [0.15, 0.2) is 23.1 Å². The molecule has 7 nitrogen and oxygen atoms in total. The lowest BCUT2D eigenvalue weighted by atomic mass is 9.96. The maximum atomic E-state index is 12.4. The average molecular weight is 292 g/mol. The first-order valence-corrected chi connectivity index (χ1v) is 7.07. The van der Waals surface area contributed by atoms with E-state index in [1.165, 1.54) is 12.3 Å². The van der Waals surface area contributed by atoms with E-state index < -0.39 is 0 Å². The van der Waals surface area contributed by atoms with Crippen LogP contribution in [0.5, 0.6) is 0 Å². The monoisotopic (exact) mass is 292 g/mol. The lowest BCUT2D eigenvalue weighted by Gasteiger charge is -2.32. The summed E-state index contributed by atoms with van der Waals surface area (Å²) in [6.45, 7) is 1.82. The van der Waals surface area contributed by atoms with Crippen molar-refractivity contribution in [1.29, 1.82) is 0 Å². The van der Waals surface area contributed by atoms with Gasteiger partial charge in [-0.15, -0.1) is 0 Å². The number of carbonyl (C=O) groups excluding carboxylic acids is 2. The summed E-state index contributed by atoms with van der Waals surface area (Å²) >= 11 is 0. The van der Waals surface area contributed by atoms with Crippen molar-refractivity contribution in [2.24, 2.45) is 11.7 Å². The Morgan fingerprint density at radius 1 is 1.48 bits per heavy atom. The smallest absolute Gasteiger partial charge is 0.254 e. The second-order valence-corrected chi connectivity index (χ2v) is 5.11. The standard InChI is InChI=1S/C14H20N4O3/c15-4-6-17-13(20)11-2-1-7-18(9-11)14(21)10-3-5-16-12(19)8-10/h3,5,8,11H,1-2,4,6-7,9,15H2,(H,16,19)(H,17,20). The fraction of sp³-hybridized carbons (Fsp3) is 0.500. The van der Waals surface area contributed by atoms with Crippen LogP contribution in [-0.4, -0.2) is 47.9 Å². The number of amides is 2. The molecule has 2 heterocycles. The zero-order valence-corrected chi connectivity index (χ0v) is 11.8. The van der Waals surface area contributed by atoms with Gasteiger partial charge in [-0.05, 0) is 18.9 Å². The van der Waals surface area contributed by atoms with Crippen LogP contribution >= 0.6 is 0 Å². The van der Waals surface area contributed by atoms with Crippen LogP contribution in [0.3, 0.4) is 0 Å². The van der Waals surface area contributed by atoms with Crippen LogP contribution < -0.4 is 16.6 Å². The summed E-state index contributed by atoms with van der Waals surface area (Å²) in [7, 11) is 0. The number of hydrogen-bond donors (Lipinski definition) is 3. The van der Waals surface area contributed by atoms with E-state index in [4.69, 9.17) is 5.73 Å². The number of nitrogens with one attached hydrogen (secondary N) is 2. The number of hydrogen-bond acceptors (Lipinski definition) is 4. The Balaban J connectivity index is 2.02. The molecule has 0 spiro atoms. The van der Waals surface area contributed by atoms with Gasteiger partial charge in [-0.3, -0.25) is 14.4 Å². The molecule has 1 aromatic heterocycles. The first-order valence-electron chi connectivity index (χ1n) is 7.07. The van der Waals surface area contributed by atoms with Gasteiger partial charge in [0.25, 0.3) is 5.91 Å². The molecule has 1 aliphatic heterocycles. The van der Waals surface area contributed by atoms with E-state index in [1.54, 1.807) is 11.0 Å². The molecule has 1 saturated heterocycles. The number of H-pyrrole nitrogens is 1. The Bertz CT molecular complexity index is 569. The SMILES string of the molecule is NCCNC(=O)C1CCCN(C(=O)c2cc[nH]c(=O)c2)C1. The summed E-state index contributed by atoms with van der Waals surface area (Å²) < 4.78 is 0. The third-order valence-electron chi connectivity index (χ3n) is 3.54. The van der Waals surface area contributed by atoms with Crippen LogP contribution in [0.2, 0.25) is 0 Å². The maximum absolute atomic E-state index is 12.4. The molecule has 2 amide bonds. The second-order valence-electron chi connectivity index (χ2n) is 5.11. The Kier molecular flexibility index (Phi) is 5.10. The maximum Gasteiger partial charge on any atom is 0.254 e. The number of piperidine rings is 1. The van der Waals surface area contributed by atoms with E-state index in [2.05, 4.69) is 10.3 Å².